The van der Waals surface area contributed by atoms with E-state index in [-0.39, 0.29) is 0 Å². The van der Waals surface area contributed by atoms with Crippen LogP contribution >= 0.6 is 0 Å². The Kier molecular flexibility index (Phi) is 2.96. The van der Waals surface area contributed by atoms with Crippen molar-refractivity contribution >= 4 is 11.4 Å². The molecule has 0 bridgehead atoms. The number of anilines is 1. The highest BCUT2D eigenvalue weighted by Gasteiger charge is 2.02. The summed E-state index contributed by atoms with van der Waals surface area (Å²) in [6, 6.07) is 6.26. The summed E-state index contributed by atoms with van der Waals surface area (Å²) in [6.45, 7) is 6.01. The van der Waals surface area contributed by atoms with Gasteiger partial charge in [-0.15, -0.1) is 0 Å². The molecule has 13 heavy (non-hydrogen) atoms. The number of hydrogen-bond acceptors (Lipinski definition) is 2. The zero-order valence-electron chi connectivity index (χ0n) is 8.44. The van der Waals surface area contributed by atoms with Crippen LogP contribution in [0.25, 0.3) is 5.70 Å². The van der Waals surface area contributed by atoms with Crippen LogP contribution in [0.2, 0.25) is 0 Å². The molecule has 0 radical (unpaired) electrons. The molecule has 1 rings (SSSR count). The number of rotatable bonds is 3. The molecule has 0 aliphatic carbocycles. The van der Waals surface area contributed by atoms with Gasteiger partial charge in [0.1, 0.15) is 0 Å². The smallest absolute Gasteiger partial charge is 0.0434 e. The molecule has 0 aliphatic rings. The molecule has 0 spiro atoms. The van der Waals surface area contributed by atoms with Crippen molar-refractivity contribution in [3.8, 4) is 0 Å². The quantitative estimate of drug-likeness (QED) is 0.738. The molecule has 2 nitrogen and oxygen atoms in total. The Hall–Kier alpha value is -1.44. The van der Waals surface area contributed by atoms with E-state index in [0.717, 1.165) is 16.9 Å². The Morgan fingerprint density at radius 3 is 2.54 bits per heavy atom. The maximum atomic E-state index is 3.93. The molecule has 0 unspecified atom stereocenters. The molecule has 0 saturated carbocycles. The summed E-state index contributed by atoms with van der Waals surface area (Å²) in [5, 5.41) is 6.19. The van der Waals surface area contributed by atoms with Gasteiger partial charge in [-0.25, -0.2) is 0 Å². The molecular weight excluding hydrogens is 160 g/mol. The first-order valence-corrected chi connectivity index (χ1v) is 4.34. The van der Waals surface area contributed by atoms with Crippen LogP contribution in [0.3, 0.4) is 0 Å². The van der Waals surface area contributed by atoms with Gasteiger partial charge in [-0.2, -0.15) is 0 Å². The highest BCUT2D eigenvalue weighted by molar-refractivity contribution is 5.74. The van der Waals surface area contributed by atoms with Gasteiger partial charge in [-0.1, -0.05) is 18.7 Å². The van der Waals surface area contributed by atoms with Crippen molar-refractivity contribution in [1.29, 1.82) is 0 Å². The van der Waals surface area contributed by atoms with Crippen molar-refractivity contribution in [3.63, 3.8) is 0 Å². The Morgan fingerprint density at radius 1 is 1.31 bits per heavy atom. The van der Waals surface area contributed by atoms with Crippen LogP contribution in [0, 0.1) is 6.92 Å². The second-order valence-electron chi connectivity index (χ2n) is 3.03. The zero-order chi connectivity index (χ0) is 9.84. The minimum absolute atomic E-state index is 0.935. The van der Waals surface area contributed by atoms with E-state index in [1.165, 1.54) is 5.56 Å². The molecule has 0 saturated heterocycles. The number of hydrogen-bond donors (Lipinski definition) is 2. The second-order valence-corrected chi connectivity index (χ2v) is 3.03. The topological polar surface area (TPSA) is 24.1 Å². The maximum Gasteiger partial charge on any atom is 0.0434 e. The first kappa shape index (κ1) is 9.65. The predicted octanol–water partition coefficient (Wildman–Crippen LogP) is 2.23. The summed E-state index contributed by atoms with van der Waals surface area (Å²) in [5.74, 6) is 0. The lowest BCUT2D eigenvalue weighted by Crippen LogP contribution is -2.05. The first-order chi connectivity index (χ1) is 6.19. The molecule has 2 heteroatoms. The van der Waals surface area contributed by atoms with E-state index < -0.39 is 0 Å². The van der Waals surface area contributed by atoms with Crippen molar-refractivity contribution in [1.82, 2.24) is 5.32 Å². The van der Waals surface area contributed by atoms with Crippen LogP contribution in [-0.2, 0) is 0 Å². The van der Waals surface area contributed by atoms with Gasteiger partial charge in [0.2, 0.25) is 0 Å². The van der Waals surface area contributed by atoms with Crippen molar-refractivity contribution in [2.45, 2.75) is 6.92 Å². The molecule has 0 heterocycles. The fraction of sp³-hybridized carbons (Fsp3) is 0.273. The highest BCUT2D eigenvalue weighted by atomic mass is 14.9. The Bertz CT molecular complexity index is 316. The Morgan fingerprint density at radius 2 is 2.00 bits per heavy atom. The summed E-state index contributed by atoms with van der Waals surface area (Å²) in [7, 11) is 3.79. The van der Waals surface area contributed by atoms with E-state index in [0.29, 0.717) is 0 Å². The lowest BCUT2D eigenvalue weighted by Gasteiger charge is -2.11. The van der Waals surface area contributed by atoms with Crippen LogP contribution in [0.4, 0.5) is 5.69 Å². The van der Waals surface area contributed by atoms with Gasteiger partial charge in [0, 0.05) is 31.0 Å². The van der Waals surface area contributed by atoms with Crippen LogP contribution in [0.1, 0.15) is 11.1 Å². The van der Waals surface area contributed by atoms with Gasteiger partial charge >= 0.3 is 0 Å². The third-order valence-corrected chi connectivity index (χ3v) is 2.07. The number of aryl methyl sites for hydroxylation is 1. The first-order valence-electron chi connectivity index (χ1n) is 4.34. The Labute approximate surface area is 79.7 Å². The third-order valence-electron chi connectivity index (χ3n) is 2.07. The third kappa shape index (κ3) is 2.02. The van der Waals surface area contributed by atoms with Crippen molar-refractivity contribution in [3.05, 3.63) is 35.9 Å². The monoisotopic (exact) mass is 176 g/mol. The maximum absolute atomic E-state index is 3.93. The lowest BCUT2D eigenvalue weighted by atomic mass is 10.1. The number of nitrogens with one attached hydrogen (secondary N) is 2. The van der Waals surface area contributed by atoms with Crippen molar-refractivity contribution in [2.24, 2.45) is 0 Å². The largest absolute Gasteiger partial charge is 0.388 e. The van der Waals surface area contributed by atoms with E-state index in [1.54, 1.807) is 0 Å². The van der Waals surface area contributed by atoms with Crippen LogP contribution < -0.4 is 10.6 Å². The van der Waals surface area contributed by atoms with Crippen LogP contribution in [0.15, 0.2) is 24.8 Å². The predicted molar refractivity (Wildman–Crippen MR) is 58.8 cm³/mol. The molecule has 0 aromatic heterocycles. The van der Waals surface area contributed by atoms with Crippen molar-refractivity contribution in [2.75, 3.05) is 19.4 Å². The second kappa shape index (κ2) is 3.99. The van der Waals surface area contributed by atoms with Gasteiger partial charge in [0.05, 0.1) is 0 Å². The molecule has 0 atom stereocenters. The standard InChI is InChI=1S/C11H16N2/c1-8-5-6-10(9(2)12-3)11(7-8)13-4/h5-7,12-13H,2H2,1,3-4H3. The molecule has 0 fully saturated rings. The molecule has 0 aliphatic heterocycles. The van der Waals surface area contributed by atoms with Gasteiger partial charge in [-0.05, 0) is 18.6 Å². The van der Waals surface area contributed by atoms with Gasteiger partial charge < -0.3 is 10.6 Å². The summed E-state index contributed by atoms with van der Waals surface area (Å²) in [6.07, 6.45) is 0. The van der Waals surface area contributed by atoms with E-state index in [2.05, 4.69) is 42.3 Å². The average Bonchev–Trinajstić information content (AvgIpc) is 2.16. The number of benzene rings is 1. The molecule has 1 aromatic rings. The molecule has 70 valence electrons. The normalized spacial score (nSPS) is 9.46. The zero-order valence-corrected chi connectivity index (χ0v) is 8.44. The van der Waals surface area contributed by atoms with E-state index in [4.69, 9.17) is 0 Å². The van der Waals surface area contributed by atoms with Crippen molar-refractivity contribution < 1.29 is 0 Å². The summed E-state index contributed by atoms with van der Waals surface area (Å²) >= 11 is 0. The molecule has 0 amide bonds. The minimum atomic E-state index is 0.935. The minimum Gasteiger partial charge on any atom is -0.388 e. The molecule has 2 N–H and O–H groups in total. The van der Waals surface area contributed by atoms with E-state index in [1.807, 2.05) is 14.1 Å². The Balaban J connectivity index is 3.13. The van der Waals surface area contributed by atoms with Crippen LogP contribution in [-0.4, -0.2) is 14.1 Å². The van der Waals surface area contributed by atoms with Gasteiger partial charge in [0.15, 0.2) is 0 Å². The summed E-state index contributed by atoms with van der Waals surface area (Å²) in [4.78, 5) is 0. The fourth-order valence-electron chi connectivity index (χ4n) is 1.26. The van der Waals surface area contributed by atoms with Gasteiger partial charge in [0.25, 0.3) is 0 Å². The highest BCUT2D eigenvalue weighted by Crippen LogP contribution is 2.21. The lowest BCUT2D eigenvalue weighted by molar-refractivity contribution is 1.13. The van der Waals surface area contributed by atoms with E-state index in [9.17, 15) is 0 Å². The summed E-state index contributed by atoms with van der Waals surface area (Å²) < 4.78 is 0. The fourth-order valence-corrected chi connectivity index (χ4v) is 1.26. The summed E-state index contributed by atoms with van der Waals surface area (Å²) in [5.41, 5.74) is 4.41. The average molecular weight is 176 g/mol. The van der Waals surface area contributed by atoms with Crippen LogP contribution in [0.5, 0.6) is 0 Å². The SMILES string of the molecule is C=C(NC)c1ccc(C)cc1NC. The molecular formula is C11H16N2. The van der Waals surface area contributed by atoms with E-state index >= 15 is 0 Å². The molecule has 1 aromatic carbocycles. The van der Waals surface area contributed by atoms with Gasteiger partial charge in [-0.3, -0.25) is 0 Å².